The molecular weight excluding hydrogens is 276 g/mol. The van der Waals surface area contributed by atoms with Gasteiger partial charge in [-0.05, 0) is 55.3 Å². The zero-order valence-corrected chi connectivity index (χ0v) is 14.5. The highest BCUT2D eigenvalue weighted by Gasteiger charge is 2.54. The van der Waals surface area contributed by atoms with Gasteiger partial charge in [0.15, 0.2) is 6.29 Å². The third kappa shape index (κ3) is 2.99. The van der Waals surface area contributed by atoms with Gasteiger partial charge in [-0.15, -0.1) is 0 Å². The molecule has 0 amide bonds. The lowest BCUT2D eigenvalue weighted by atomic mass is 9.48. The second-order valence-corrected chi connectivity index (χ2v) is 8.59. The van der Waals surface area contributed by atoms with E-state index in [0.29, 0.717) is 23.7 Å². The molecule has 0 N–H and O–H groups in total. The predicted octanol–water partition coefficient (Wildman–Crippen LogP) is 4.34. The van der Waals surface area contributed by atoms with Gasteiger partial charge in [-0.2, -0.15) is 0 Å². The number of rotatable bonds is 3. The summed E-state index contributed by atoms with van der Waals surface area (Å²) in [5.74, 6) is 1.14. The average Bonchev–Trinajstić information content (AvgIpc) is 2.46. The Morgan fingerprint density at radius 2 is 1.95 bits per heavy atom. The van der Waals surface area contributed by atoms with Crippen LogP contribution < -0.4 is 0 Å². The smallest absolute Gasteiger partial charge is 0.157 e. The minimum atomic E-state index is -0.0814. The molecule has 3 nitrogen and oxygen atoms in total. The van der Waals surface area contributed by atoms with Crippen LogP contribution in [0.1, 0.15) is 72.1 Å². The first-order valence-corrected chi connectivity index (χ1v) is 9.19. The number of carbonyl (C=O) groups excluding carboxylic acids is 1. The van der Waals surface area contributed by atoms with Crippen LogP contribution in [0.15, 0.2) is 0 Å². The monoisotopic (exact) mass is 308 g/mol. The maximum atomic E-state index is 12.6. The predicted molar refractivity (Wildman–Crippen MR) is 86.5 cm³/mol. The van der Waals surface area contributed by atoms with Gasteiger partial charge < -0.3 is 9.47 Å². The summed E-state index contributed by atoms with van der Waals surface area (Å²) in [5.41, 5.74) is 0.471. The Bertz CT molecular complexity index is 411. The van der Waals surface area contributed by atoms with Crippen molar-refractivity contribution in [3.05, 3.63) is 0 Å². The summed E-state index contributed by atoms with van der Waals surface area (Å²) in [7, 11) is 0. The van der Waals surface area contributed by atoms with Gasteiger partial charge >= 0.3 is 0 Å². The Balaban J connectivity index is 1.71. The number of ketones is 1. The van der Waals surface area contributed by atoms with Gasteiger partial charge in [0.2, 0.25) is 0 Å². The van der Waals surface area contributed by atoms with Gasteiger partial charge in [0, 0.05) is 18.9 Å². The van der Waals surface area contributed by atoms with Crippen molar-refractivity contribution < 1.29 is 14.3 Å². The Hall–Kier alpha value is -0.410. The lowest BCUT2D eigenvalue weighted by Crippen LogP contribution is -2.53. The second-order valence-electron chi connectivity index (χ2n) is 8.59. The first-order chi connectivity index (χ1) is 10.4. The van der Waals surface area contributed by atoms with Crippen LogP contribution in [-0.4, -0.2) is 25.3 Å². The van der Waals surface area contributed by atoms with Crippen LogP contribution in [-0.2, 0) is 14.3 Å². The van der Waals surface area contributed by atoms with E-state index in [1.54, 1.807) is 0 Å². The van der Waals surface area contributed by atoms with Gasteiger partial charge in [0.25, 0.3) is 0 Å². The Morgan fingerprint density at radius 1 is 1.14 bits per heavy atom. The topological polar surface area (TPSA) is 35.5 Å². The van der Waals surface area contributed by atoms with E-state index in [0.717, 1.165) is 32.3 Å². The molecule has 126 valence electrons. The number of carbonyl (C=O) groups is 1. The van der Waals surface area contributed by atoms with E-state index >= 15 is 0 Å². The molecule has 0 radical (unpaired) electrons. The third-order valence-electron chi connectivity index (χ3n) is 6.73. The highest BCUT2D eigenvalue weighted by atomic mass is 16.7. The van der Waals surface area contributed by atoms with Crippen LogP contribution in [0.4, 0.5) is 0 Å². The van der Waals surface area contributed by atoms with Gasteiger partial charge in [0.1, 0.15) is 5.78 Å². The number of ether oxygens (including phenoxy) is 2. The largest absolute Gasteiger partial charge is 0.353 e. The summed E-state index contributed by atoms with van der Waals surface area (Å²) >= 11 is 0. The van der Waals surface area contributed by atoms with Crippen molar-refractivity contribution in [2.75, 3.05) is 13.2 Å². The van der Waals surface area contributed by atoms with Crippen LogP contribution in [0, 0.1) is 22.7 Å². The Labute approximate surface area is 135 Å². The molecule has 0 aromatic carbocycles. The summed E-state index contributed by atoms with van der Waals surface area (Å²) in [5, 5.41) is 0. The van der Waals surface area contributed by atoms with Crippen molar-refractivity contribution in [1.29, 1.82) is 0 Å². The number of hydrogen-bond donors (Lipinski definition) is 0. The molecule has 2 saturated carbocycles. The second kappa shape index (κ2) is 6.24. The Kier molecular flexibility index (Phi) is 4.66. The van der Waals surface area contributed by atoms with Crippen molar-refractivity contribution in [1.82, 2.24) is 0 Å². The quantitative estimate of drug-likeness (QED) is 0.778. The van der Waals surface area contributed by atoms with Crippen molar-refractivity contribution in [3.8, 4) is 0 Å². The van der Waals surface area contributed by atoms with E-state index in [2.05, 4.69) is 20.8 Å². The zero-order chi connectivity index (χ0) is 15.8. The SMILES string of the molecule is CC1(C)CCC[C@]2(C)C(COC3CCCCO3)C(=O)CC[C@@H]12. The fourth-order valence-corrected chi connectivity index (χ4v) is 5.46. The number of Topliss-reactive ketones (excluding diaryl/α,β-unsaturated/α-hetero) is 1. The molecule has 3 aliphatic rings. The maximum Gasteiger partial charge on any atom is 0.157 e. The minimum absolute atomic E-state index is 0.0661. The lowest BCUT2D eigenvalue weighted by molar-refractivity contribution is -0.189. The molecular formula is C19H32O3. The van der Waals surface area contributed by atoms with Crippen LogP contribution in [0.5, 0.6) is 0 Å². The molecule has 3 fully saturated rings. The van der Waals surface area contributed by atoms with Gasteiger partial charge in [-0.25, -0.2) is 0 Å². The van der Waals surface area contributed by atoms with Crippen LogP contribution >= 0.6 is 0 Å². The first kappa shape index (κ1) is 16.4. The van der Waals surface area contributed by atoms with Crippen LogP contribution in [0.25, 0.3) is 0 Å². The molecule has 1 aliphatic heterocycles. The maximum absolute atomic E-state index is 12.6. The standard InChI is InChI=1S/C19H32O3/c1-18(2)10-6-11-19(3)14(15(20)8-9-16(18)19)13-22-17-7-4-5-12-21-17/h14,16-17H,4-13H2,1-3H3/t14?,16-,17?,19+/m0/s1. The zero-order valence-electron chi connectivity index (χ0n) is 14.5. The fourth-order valence-electron chi connectivity index (χ4n) is 5.46. The van der Waals surface area contributed by atoms with Crippen molar-refractivity contribution in [2.45, 2.75) is 78.4 Å². The highest BCUT2D eigenvalue weighted by molar-refractivity contribution is 5.83. The molecule has 0 spiro atoms. The molecule has 1 heterocycles. The average molecular weight is 308 g/mol. The molecule has 22 heavy (non-hydrogen) atoms. The van der Waals surface area contributed by atoms with E-state index < -0.39 is 0 Å². The fraction of sp³-hybridized carbons (Fsp3) is 0.947. The molecule has 4 atom stereocenters. The summed E-state index contributed by atoms with van der Waals surface area (Å²) < 4.78 is 11.7. The lowest BCUT2D eigenvalue weighted by Gasteiger charge is -2.56. The third-order valence-corrected chi connectivity index (χ3v) is 6.73. The summed E-state index contributed by atoms with van der Waals surface area (Å²) in [6.45, 7) is 8.51. The number of fused-ring (bicyclic) bond motifs is 1. The summed E-state index contributed by atoms with van der Waals surface area (Å²) in [6.07, 6.45) is 8.72. The molecule has 0 bridgehead atoms. The molecule has 0 aromatic heterocycles. The van der Waals surface area contributed by atoms with E-state index in [-0.39, 0.29) is 17.6 Å². The Morgan fingerprint density at radius 3 is 2.68 bits per heavy atom. The molecule has 0 aromatic rings. The molecule has 2 aliphatic carbocycles. The van der Waals surface area contributed by atoms with Crippen LogP contribution in [0.3, 0.4) is 0 Å². The van der Waals surface area contributed by atoms with E-state index in [4.69, 9.17) is 9.47 Å². The van der Waals surface area contributed by atoms with Crippen molar-refractivity contribution >= 4 is 5.78 Å². The molecule has 3 heteroatoms. The normalized spacial score (nSPS) is 42.0. The highest BCUT2D eigenvalue weighted by Crippen LogP contribution is 2.59. The number of hydrogen-bond acceptors (Lipinski definition) is 3. The summed E-state index contributed by atoms with van der Waals surface area (Å²) in [4.78, 5) is 12.6. The van der Waals surface area contributed by atoms with Crippen molar-refractivity contribution in [3.63, 3.8) is 0 Å². The van der Waals surface area contributed by atoms with E-state index in [1.165, 1.54) is 25.7 Å². The molecule has 2 unspecified atom stereocenters. The van der Waals surface area contributed by atoms with Gasteiger partial charge in [-0.3, -0.25) is 4.79 Å². The van der Waals surface area contributed by atoms with E-state index in [1.807, 2.05) is 0 Å². The van der Waals surface area contributed by atoms with Crippen molar-refractivity contribution in [2.24, 2.45) is 22.7 Å². The van der Waals surface area contributed by atoms with Gasteiger partial charge in [-0.1, -0.05) is 27.2 Å². The summed E-state index contributed by atoms with van der Waals surface area (Å²) in [6, 6.07) is 0. The van der Waals surface area contributed by atoms with Gasteiger partial charge in [0.05, 0.1) is 6.61 Å². The minimum Gasteiger partial charge on any atom is -0.353 e. The molecule has 1 saturated heterocycles. The van der Waals surface area contributed by atoms with E-state index in [9.17, 15) is 4.79 Å². The first-order valence-electron chi connectivity index (χ1n) is 9.19. The molecule has 3 rings (SSSR count). The van der Waals surface area contributed by atoms with Crippen LogP contribution in [0.2, 0.25) is 0 Å².